The summed E-state index contributed by atoms with van der Waals surface area (Å²) >= 11 is 0. The average molecular weight is 351 g/mol. The first kappa shape index (κ1) is 17.3. The summed E-state index contributed by atoms with van der Waals surface area (Å²) in [6.07, 6.45) is 0. The second-order valence-electron chi connectivity index (χ2n) is 5.63. The molecule has 126 valence electrons. The molecule has 0 aromatic heterocycles. The molecular weight excluding hydrogens is 331 g/mol. The van der Waals surface area contributed by atoms with Crippen molar-refractivity contribution in [3.8, 4) is 0 Å². The quantitative estimate of drug-likeness (QED) is 0.567. The maximum atomic E-state index is 12.4. The number of benzene rings is 3. The summed E-state index contributed by atoms with van der Waals surface area (Å²) in [4.78, 5) is 12.4. The van der Waals surface area contributed by atoms with Gasteiger partial charge in [-0.05, 0) is 36.4 Å². The van der Waals surface area contributed by atoms with Crippen LogP contribution >= 0.6 is 7.26 Å². The monoisotopic (exact) mass is 351 g/mol. The summed E-state index contributed by atoms with van der Waals surface area (Å²) in [6.45, 7) is 0. The molecule has 3 aromatic carbocycles. The van der Waals surface area contributed by atoms with Crippen molar-refractivity contribution in [2.75, 3.05) is 7.11 Å². The average Bonchev–Trinajstić information content (AvgIpc) is 2.70. The molecule has 0 aliphatic rings. The number of hydrogen-bond acceptors (Lipinski definition) is 3. The summed E-state index contributed by atoms with van der Waals surface area (Å²) < 4.78 is 4.92. The molecule has 25 heavy (non-hydrogen) atoms. The zero-order valence-electron chi connectivity index (χ0n) is 13.9. The standard InChI is InChI=1S/C21H20O3P/c1-24-20(22)21(23)25(17-11-5-2-6-12-17,18-13-7-3-8-14-18)19-15-9-4-10-16-19/h2-16,21,23H,1H3/q+1/t21-/m0/s1. The third-order valence-electron chi connectivity index (χ3n) is 4.27. The highest BCUT2D eigenvalue weighted by Crippen LogP contribution is 2.59. The minimum atomic E-state index is -2.64. The first-order chi connectivity index (χ1) is 12.2. The molecule has 0 saturated carbocycles. The molecule has 1 N–H and O–H groups in total. The van der Waals surface area contributed by atoms with Crippen molar-refractivity contribution < 1.29 is 14.6 Å². The van der Waals surface area contributed by atoms with E-state index in [0.29, 0.717) is 0 Å². The van der Waals surface area contributed by atoms with Crippen LogP contribution in [-0.2, 0) is 9.53 Å². The van der Waals surface area contributed by atoms with Crippen LogP contribution < -0.4 is 15.9 Å². The third-order valence-corrected chi connectivity index (χ3v) is 8.55. The maximum absolute atomic E-state index is 12.4. The number of carbonyl (C=O) groups excluding carboxylic acids is 1. The van der Waals surface area contributed by atoms with Gasteiger partial charge >= 0.3 is 5.97 Å². The predicted molar refractivity (Wildman–Crippen MR) is 103 cm³/mol. The van der Waals surface area contributed by atoms with Crippen molar-refractivity contribution in [2.24, 2.45) is 0 Å². The molecule has 0 bridgehead atoms. The van der Waals surface area contributed by atoms with E-state index in [1.54, 1.807) is 0 Å². The van der Waals surface area contributed by atoms with Gasteiger partial charge in [-0.15, -0.1) is 0 Å². The lowest BCUT2D eigenvalue weighted by atomic mass is 10.4. The molecule has 0 spiro atoms. The lowest BCUT2D eigenvalue weighted by Crippen LogP contribution is -2.42. The Labute approximate surface area is 148 Å². The Morgan fingerprint density at radius 3 is 1.36 bits per heavy atom. The van der Waals surface area contributed by atoms with E-state index in [2.05, 4.69) is 0 Å². The van der Waals surface area contributed by atoms with Crippen molar-refractivity contribution in [3.05, 3.63) is 91.0 Å². The van der Waals surface area contributed by atoms with E-state index in [4.69, 9.17) is 4.74 Å². The molecule has 0 amide bonds. The van der Waals surface area contributed by atoms with E-state index in [1.165, 1.54) is 7.11 Å². The highest BCUT2D eigenvalue weighted by Gasteiger charge is 2.56. The summed E-state index contributed by atoms with van der Waals surface area (Å²) in [5.41, 5.74) is 0. The van der Waals surface area contributed by atoms with Gasteiger partial charge in [-0.25, -0.2) is 4.79 Å². The van der Waals surface area contributed by atoms with Crippen LogP contribution in [0.4, 0.5) is 0 Å². The van der Waals surface area contributed by atoms with Crippen LogP contribution in [0.25, 0.3) is 0 Å². The molecule has 0 aliphatic heterocycles. The fourth-order valence-corrected chi connectivity index (χ4v) is 7.21. The molecular formula is C21H20O3P+. The topological polar surface area (TPSA) is 46.5 Å². The molecule has 0 saturated heterocycles. The van der Waals surface area contributed by atoms with E-state index in [9.17, 15) is 9.90 Å². The number of ether oxygens (including phenoxy) is 1. The lowest BCUT2D eigenvalue weighted by Gasteiger charge is -2.30. The van der Waals surface area contributed by atoms with Crippen LogP contribution in [0.5, 0.6) is 0 Å². The number of carbonyl (C=O) groups is 1. The predicted octanol–water partition coefficient (Wildman–Crippen LogP) is 2.47. The summed E-state index contributed by atoms with van der Waals surface area (Å²) in [7, 11) is -1.33. The van der Waals surface area contributed by atoms with Crippen LogP contribution in [-0.4, -0.2) is 24.0 Å². The smallest absolute Gasteiger partial charge is 0.376 e. The van der Waals surface area contributed by atoms with Crippen LogP contribution in [0.15, 0.2) is 91.0 Å². The number of methoxy groups -OCH3 is 1. The van der Waals surface area contributed by atoms with Crippen LogP contribution in [0.1, 0.15) is 0 Å². The van der Waals surface area contributed by atoms with Gasteiger partial charge in [0.25, 0.3) is 5.85 Å². The lowest BCUT2D eigenvalue weighted by molar-refractivity contribution is -0.145. The van der Waals surface area contributed by atoms with Crippen LogP contribution in [0.2, 0.25) is 0 Å². The molecule has 0 radical (unpaired) electrons. The van der Waals surface area contributed by atoms with Crippen molar-refractivity contribution in [1.29, 1.82) is 0 Å². The Kier molecular flexibility index (Phi) is 5.28. The largest absolute Gasteiger partial charge is 0.464 e. The first-order valence-corrected chi connectivity index (χ1v) is 9.88. The van der Waals surface area contributed by atoms with E-state index in [0.717, 1.165) is 15.9 Å². The molecule has 1 atom stereocenters. The van der Waals surface area contributed by atoms with Crippen molar-refractivity contribution in [3.63, 3.8) is 0 Å². The summed E-state index contributed by atoms with van der Waals surface area (Å²) in [6, 6.07) is 29.2. The van der Waals surface area contributed by atoms with Crippen LogP contribution in [0.3, 0.4) is 0 Å². The van der Waals surface area contributed by atoms with Crippen molar-refractivity contribution in [2.45, 2.75) is 5.85 Å². The molecule has 3 rings (SSSR count). The fourth-order valence-electron chi connectivity index (χ4n) is 3.12. The highest BCUT2D eigenvalue weighted by atomic mass is 31.2. The molecule has 4 heteroatoms. The van der Waals surface area contributed by atoms with Gasteiger partial charge in [0.15, 0.2) is 7.26 Å². The van der Waals surface area contributed by atoms with E-state index >= 15 is 0 Å². The van der Waals surface area contributed by atoms with Gasteiger partial charge in [0.05, 0.1) is 7.11 Å². The van der Waals surface area contributed by atoms with Crippen molar-refractivity contribution in [1.82, 2.24) is 0 Å². The minimum absolute atomic E-state index is 0.620. The van der Waals surface area contributed by atoms with E-state index < -0.39 is 19.1 Å². The van der Waals surface area contributed by atoms with Gasteiger partial charge in [-0.2, -0.15) is 0 Å². The number of esters is 1. The minimum Gasteiger partial charge on any atom is -0.464 e. The number of hydrogen-bond donors (Lipinski definition) is 1. The molecule has 3 nitrogen and oxygen atoms in total. The first-order valence-electron chi connectivity index (χ1n) is 8.02. The van der Waals surface area contributed by atoms with Crippen LogP contribution in [0, 0.1) is 0 Å². The Hall–Kier alpha value is -2.48. The van der Waals surface area contributed by atoms with E-state index in [-0.39, 0.29) is 0 Å². The zero-order chi connectivity index (χ0) is 17.7. The molecule has 0 heterocycles. The van der Waals surface area contributed by atoms with Gasteiger partial charge in [0.2, 0.25) is 0 Å². The third kappa shape index (κ3) is 3.09. The van der Waals surface area contributed by atoms with Gasteiger partial charge in [-0.1, -0.05) is 54.6 Å². The van der Waals surface area contributed by atoms with Gasteiger partial charge in [-0.3, -0.25) is 0 Å². The number of aliphatic hydroxyl groups excluding tert-OH is 1. The Balaban J connectivity index is 2.38. The Bertz CT molecular complexity index is 723. The molecule has 0 aliphatic carbocycles. The maximum Gasteiger partial charge on any atom is 0.376 e. The molecule has 3 aromatic rings. The second-order valence-corrected chi connectivity index (χ2v) is 9.11. The second kappa shape index (κ2) is 7.60. The van der Waals surface area contributed by atoms with Gasteiger partial charge in [0.1, 0.15) is 15.9 Å². The Morgan fingerprint density at radius 1 is 0.760 bits per heavy atom. The normalized spacial score (nSPS) is 12.4. The Morgan fingerprint density at radius 2 is 1.08 bits per heavy atom. The van der Waals surface area contributed by atoms with Gasteiger partial charge < -0.3 is 9.84 Å². The van der Waals surface area contributed by atoms with Crippen molar-refractivity contribution >= 4 is 29.1 Å². The zero-order valence-corrected chi connectivity index (χ0v) is 14.8. The number of aliphatic hydroxyl groups is 1. The summed E-state index contributed by atoms with van der Waals surface area (Å²) in [5.74, 6) is -1.89. The van der Waals surface area contributed by atoms with Gasteiger partial charge in [0, 0.05) is 0 Å². The molecule has 0 fully saturated rings. The molecule has 0 unspecified atom stereocenters. The fraction of sp³-hybridized carbons (Fsp3) is 0.0952. The number of rotatable bonds is 5. The van der Waals surface area contributed by atoms with E-state index in [1.807, 2.05) is 91.0 Å². The highest BCUT2D eigenvalue weighted by molar-refractivity contribution is 7.96. The SMILES string of the molecule is COC(=O)[C@@H](O)[P+](c1ccccc1)(c1ccccc1)c1ccccc1. The summed E-state index contributed by atoms with van der Waals surface area (Å²) in [5, 5.41) is 14.0.